The maximum absolute atomic E-state index is 14.5. The Kier molecular flexibility index (Phi) is 12.1. The second kappa shape index (κ2) is 18.4. The predicted octanol–water partition coefficient (Wildman–Crippen LogP) is 11.0. The van der Waals surface area contributed by atoms with Crippen LogP contribution in [-0.2, 0) is 6.54 Å². The van der Waals surface area contributed by atoms with E-state index in [-0.39, 0.29) is 33.8 Å². The van der Waals surface area contributed by atoms with Gasteiger partial charge in [0.1, 0.15) is 0 Å². The SMILES string of the molecule is CCCCCCCCn1c(=O)c2cc3c(=O)n(-c4cc(C)c(N5C(=O)c6cccc7c(N8CCN(c9ccc(C%10=CSC(=C%11SC=CS%11)S%10)cc9)CC8)ccc(c67)C5=O)cc4C)c(=O)c3cc2c1=O. The van der Waals surface area contributed by atoms with Crippen molar-refractivity contribution in [2.75, 3.05) is 40.9 Å². The van der Waals surface area contributed by atoms with Gasteiger partial charge in [0.25, 0.3) is 34.1 Å². The predicted molar refractivity (Wildman–Crippen MR) is 290 cm³/mol. The Bertz CT molecular complexity index is 3520. The van der Waals surface area contributed by atoms with Gasteiger partial charge in [-0.25, -0.2) is 9.47 Å². The first-order valence-corrected chi connectivity index (χ1v) is 26.8. The van der Waals surface area contributed by atoms with Gasteiger partial charge >= 0.3 is 0 Å². The minimum absolute atomic E-state index is 0.0546. The number of hydrogen-bond donors (Lipinski definition) is 0. The van der Waals surface area contributed by atoms with Crippen LogP contribution in [0.15, 0.2) is 123 Å². The number of imide groups is 1. The zero-order valence-electron chi connectivity index (χ0n) is 38.3. The van der Waals surface area contributed by atoms with Gasteiger partial charge < -0.3 is 9.80 Å². The van der Waals surface area contributed by atoms with Gasteiger partial charge in [0, 0.05) is 70.9 Å². The summed E-state index contributed by atoms with van der Waals surface area (Å²) in [5.74, 6) is -0.916. The average Bonchev–Trinajstić information content (AvgIpc) is 4.17. The number of rotatable bonds is 12. The quantitative estimate of drug-likeness (QED) is 0.0855. The molecule has 2 aromatic heterocycles. The van der Waals surface area contributed by atoms with Crippen molar-refractivity contribution in [1.29, 1.82) is 0 Å². The molecule has 348 valence electrons. The summed E-state index contributed by atoms with van der Waals surface area (Å²) in [5.41, 5.74) is 3.69. The van der Waals surface area contributed by atoms with Crippen molar-refractivity contribution in [2.24, 2.45) is 0 Å². The Morgan fingerprint density at radius 2 is 1.13 bits per heavy atom. The van der Waals surface area contributed by atoms with E-state index in [4.69, 9.17) is 0 Å². The van der Waals surface area contributed by atoms with E-state index >= 15 is 0 Å². The van der Waals surface area contributed by atoms with Crippen molar-refractivity contribution in [1.82, 2.24) is 9.13 Å². The maximum atomic E-state index is 14.5. The molecule has 1 saturated heterocycles. The van der Waals surface area contributed by atoms with Gasteiger partial charge in [-0.1, -0.05) is 110 Å². The Hall–Kier alpha value is -6.00. The van der Waals surface area contributed by atoms with E-state index in [2.05, 4.69) is 57.2 Å². The summed E-state index contributed by atoms with van der Waals surface area (Å²) < 4.78 is 4.95. The fraction of sp³-hybridized carbons (Fsp3) is 0.259. The van der Waals surface area contributed by atoms with Crippen molar-refractivity contribution < 1.29 is 9.59 Å². The van der Waals surface area contributed by atoms with Gasteiger partial charge in [-0.15, -0.1) is 0 Å². The molecule has 0 aliphatic carbocycles. The average molecular weight is 990 g/mol. The molecule has 0 bridgehead atoms. The lowest BCUT2D eigenvalue weighted by Gasteiger charge is -2.38. The van der Waals surface area contributed by atoms with Crippen molar-refractivity contribution in [3.05, 3.63) is 173 Å². The number of carbonyl (C=O) groups excluding carboxylic acids is 2. The number of fused-ring (bicyclic) bond motifs is 2. The Labute approximate surface area is 414 Å². The van der Waals surface area contributed by atoms with Crippen LogP contribution in [0.5, 0.6) is 0 Å². The van der Waals surface area contributed by atoms with Crippen molar-refractivity contribution in [2.45, 2.75) is 65.8 Å². The monoisotopic (exact) mass is 989 g/mol. The highest BCUT2D eigenvalue weighted by molar-refractivity contribution is 8.35. The lowest BCUT2D eigenvalue weighted by Crippen LogP contribution is -2.46. The van der Waals surface area contributed by atoms with Crippen LogP contribution < -0.4 is 36.9 Å². The third kappa shape index (κ3) is 7.81. The van der Waals surface area contributed by atoms with Crippen LogP contribution in [-0.4, -0.2) is 47.1 Å². The number of hydrogen-bond acceptors (Lipinski definition) is 12. The molecule has 15 heteroatoms. The number of unbranched alkanes of at least 4 members (excludes halogenated alkanes) is 5. The second-order valence-corrected chi connectivity index (χ2v) is 22.2. The van der Waals surface area contributed by atoms with Gasteiger partial charge in [0.15, 0.2) is 0 Å². The molecule has 4 aliphatic rings. The molecule has 5 aromatic carbocycles. The Morgan fingerprint density at radius 1 is 0.536 bits per heavy atom. The summed E-state index contributed by atoms with van der Waals surface area (Å²) >= 11 is 7.20. The summed E-state index contributed by atoms with van der Waals surface area (Å²) in [4.78, 5) is 91.2. The summed E-state index contributed by atoms with van der Waals surface area (Å²) in [7, 11) is 0. The van der Waals surface area contributed by atoms with Crippen molar-refractivity contribution >= 4 is 113 Å². The molecule has 1 fully saturated rings. The fourth-order valence-electron chi connectivity index (χ4n) is 10.2. The highest BCUT2D eigenvalue weighted by Crippen LogP contribution is 2.55. The van der Waals surface area contributed by atoms with Crippen LogP contribution >= 0.6 is 47.0 Å². The van der Waals surface area contributed by atoms with Gasteiger partial charge in [-0.2, -0.15) is 0 Å². The van der Waals surface area contributed by atoms with E-state index in [1.165, 1.54) is 46.2 Å². The fourth-order valence-corrected chi connectivity index (χ4v) is 14.6. The molecule has 2 amide bonds. The minimum Gasteiger partial charge on any atom is -0.368 e. The van der Waals surface area contributed by atoms with Crippen LogP contribution in [0.4, 0.5) is 17.1 Å². The van der Waals surface area contributed by atoms with Crippen LogP contribution in [0.1, 0.15) is 82.9 Å². The Balaban J connectivity index is 0.822. The third-order valence-corrected chi connectivity index (χ3v) is 18.8. The summed E-state index contributed by atoms with van der Waals surface area (Å²) in [5, 5.41) is 8.34. The lowest BCUT2D eigenvalue weighted by molar-refractivity contribution is 0.0893. The van der Waals surface area contributed by atoms with Crippen molar-refractivity contribution in [3.8, 4) is 5.69 Å². The normalized spacial score (nSPS) is 16.2. The number of piperazine rings is 1. The molecule has 0 atom stereocenters. The standard InChI is InChI=1S/C54H47N5O6S4/c1-4-5-6-7-8-9-19-57-47(60)38-28-40-41(29-39(38)48(57)61)52(65)59(51(40)64)44-27-31(2)43(26-32(44)3)58-49(62)36-12-10-11-35-42(18-17-37(46(35)36)50(58)63)56-22-20-55(21-23-56)34-15-13-33(14-16-34)45-30-68-54(69-45)53-66-24-25-67-53/h10-18,24-30H,4-9,19-23H2,1-3H3. The molecule has 0 radical (unpaired) electrons. The summed E-state index contributed by atoms with van der Waals surface area (Å²) in [6.45, 7) is 9.05. The number of anilines is 3. The molecular formula is C54H47N5O6S4. The maximum Gasteiger partial charge on any atom is 0.266 e. The van der Waals surface area contributed by atoms with Gasteiger partial charge in [-0.05, 0) is 108 Å². The van der Waals surface area contributed by atoms with Crippen LogP contribution in [0, 0.1) is 13.8 Å². The molecule has 0 N–H and O–H groups in total. The molecule has 6 heterocycles. The van der Waals surface area contributed by atoms with E-state index in [0.717, 1.165) is 73.9 Å². The van der Waals surface area contributed by atoms with Crippen molar-refractivity contribution in [3.63, 3.8) is 0 Å². The molecule has 4 aliphatic heterocycles. The first-order valence-electron chi connectivity index (χ1n) is 23.4. The van der Waals surface area contributed by atoms with Gasteiger partial charge in [0.05, 0.1) is 41.4 Å². The highest BCUT2D eigenvalue weighted by Gasteiger charge is 2.36. The molecule has 11 nitrogen and oxygen atoms in total. The lowest BCUT2D eigenvalue weighted by atomic mass is 9.91. The number of amides is 2. The van der Waals surface area contributed by atoms with Crippen LogP contribution in [0.25, 0.3) is 42.9 Å². The number of aromatic nitrogens is 2. The third-order valence-electron chi connectivity index (χ3n) is 13.8. The molecule has 69 heavy (non-hydrogen) atoms. The number of benzene rings is 5. The van der Waals surface area contributed by atoms with E-state index in [1.54, 1.807) is 67.3 Å². The number of thioether (sulfide) groups is 4. The first kappa shape index (κ1) is 45.4. The molecule has 7 aromatic rings. The topological polar surface area (TPSA) is 122 Å². The van der Waals surface area contributed by atoms with E-state index in [1.807, 2.05) is 36.0 Å². The van der Waals surface area contributed by atoms with Gasteiger partial charge in [0.2, 0.25) is 0 Å². The highest BCUT2D eigenvalue weighted by atomic mass is 32.2. The smallest absolute Gasteiger partial charge is 0.266 e. The molecule has 0 unspecified atom stereocenters. The van der Waals surface area contributed by atoms with E-state index < -0.39 is 34.1 Å². The van der Waals surface area contributed by atoms with Gasteiger partial charge in [-0.3, -0.25) is 33.3 Å². The number of carbonyl (C=O) groups is 2. The van der Waals surface area contributed by atoms with E-state index in [9.17, 15) is 28.8 Å². The first-order chi connectivity index (χ1) is 33.5. The molecular weight excluding hydrogens is 943 g/mol. The summed E-state index contributed by atoms with van der Waals surface area (Å²) in [6, 6.07) is 24.3. The molecule has 0 saturated carbocycles. The largest absolute Gasteiger partial charge is 0.368 e. The number of aryl methyl sites for hydroxylation is 2. The Morgan fingerprint density at radius 3 is 1.81 bits per heavy atom. The molecule has 0 spiro atoms. The second-order valence-electron chi connectivity index (χ2n) is 18.0. The summed E-state index contributed by atoms with van der Waals surface area (Å²) in [6.07, 6.45) is 6.02. The molecule has 11 rings (SSSR count). The zero-order valence-corrected chi connectivity index (χ0v) is 41.6. The van der Waals surface area contributed by atoms with Crippen LogP contribution in [0.2, 0.25) is 0 Å². The zero-order chi connectivity index (χ0) is 47.7. The van der Waals surface area contributed by atoms with E-state index in [0.29, 0.717) is 39.7 Å². The van der Waals surface area contributed by atoms with Crippen LogP contribution in [0.3, 0.4) is 0 Å². The minimum atomic E-state index is -0.613. The number of nitrogens with zero attached hydrogens (tertiary/aromatic N) is 5.